The average molecular weight is 370 g/mol. The molecule has 0 aliphatic heterocycles. The van der Waals surface area contributed by atoms with Gasteiger partial charge in [-0.25, -0.2) is 0 Å². The first-order valence-electron chi connectivity index (χ1n) is 7.47. The number of aromatic nitrogens is 3. The van der Waals surface area contributed by atoms with E-state index >= 15 is 0 Å². The number of hydrogen-bond donors (Lipinski definition) is 0. The highest BCUT2D eigenvalue weighted by molar-refractivity contribution is 9.10. The molecular weight excluding hydrogens is 354 g/mol. The SMILES string of the molecule is CCCOc1nc(-c2cccc(Br)c2)nnc1-c1ccccc1. The van der Waals surface area contributed by atoms with Gasteiger partial charge in [-0.15, -0.1) is 10.2 Å². The maximum Gasteiger partial charge on any atom is 0.244 e. The van der Waals surface area contributed by atoms with Crippen molar-refractivity contribution in [2.24, 2.45) is 0 Å². The molecular formula is C18H16BrN3O. The Hall–Kier alpha value is -2.27. The number of rotatable bonds is 5. The normalized spacial score (nSPS) is 10.5. The van der Waals surface area contributed by atoms with Gasteiger partial charge in [0.15, 0.2) is 11.5 Å². The van der Waals surface area contributed by atoms with Crippen LogP contribution in [0.1, 0.15) is 13.3 Å². The third kappa shape index (κ3) is 3.74. The summed E-state index contributed by atoms with van der Waals surface area (Å²) in [6.45, 7) is 2.66. The molecule has 0 aliphatic carbocycles. The number of ether oxygens (including phenoxy) is 1. The van der Waals surface area contributed by atoms with E-state index in [4.69, 9.17) is 4.74 Å². The molecule has 1 heterocycles. The van der Waals surface area contributed by atoms with E-state index < -0.39 is 0 Å². The van der Waals surface area contributed by atoms with Gasteiger partial charge in [0, 0.05) is 15.6 Å². The monoisotopic (exact) mass is 369 g/mol. The van der Waals surface area contributed by atoms with E-state index in [1.807, 2.05) is 54.6 Å². The first-order valence-corrected chi connectivity index (χ1v) is 8.26. The number of halogens is 1. The molecule has 0 fully saturated rings. The Labute approximate surface area is 143 Å². The standard InChI is InChI=1S/C18H16BrN3O/c1-2-11-23-18-16(13-7-4-3-5-8-13)21-22-17(20-18)14-9-6-10-15(19)12-14/h3-10,12H,2,11H2,1H3. The summed E-state index contributed by atoms with van der Waals surface area (Å²) in [5.74, 6) is 1.07. The van der Waals surface area contributed by atoms with Gasteiger partial charge < -0.3 is 4.74 Å². The van der Waals surface area contributed by atoms with Crippen LogP contribution in [0.3, 0.4) is 0 Å². The van der Waals surface area contributed by atoms with E-state index in [1.165, 1.54) is 0 Å². The molecule has 0 atom stereocenters. The third-order valence-corrected chi connectivity index (χ3v) is 3.72. The molecule has 23 heavy (non-hydrogen) atoms. The fourth-order valence-electron chi connectivity index (χ4n) is 2.14. The smallest absolute Gasteiger partial charge is 0.244 e. The van der Waals surface area contributed by atoms with Crippen molar-refractivity contribution in [2.45, 2.75) is 13.3 Å². The first-order chi connectivity index (χ1) is 11.3. The Balaban J connectivity index is 2.05. The van der Waals surface area contributed by atoms with Crippen molar-refractivity contribution in [1.29, 1.82) is 0 Å². The Kier molecular flexibility index (Phi) is 4.98. The Morgan fingerprint density at radius 3 is 2.48 bits per heavy atom. The summed E-state index contributed by atoms with van der Waals surface area (Å²) < 4.78 is 6.78. The maximum absolute atomic E-state index is 5.81. The molecule has 0 saturated heterocycles. The van der Waals surface area contributed by atoms with Gasteiger partial charge in [0.2, 0.25) is 5.88 Å². The van der Waals surface area contributed by atoms with Crippen LogP contribution in [0, 0.1) is 0 Å². The second-order valence-electron chi connectivity index (χ2n) is 5.01. The van der Waals surface area contributed by atoms with Gasteiger partial charge in [0.25, 0.3) is 0 Å². The summed E-state index contributed by atoms with van der Waals surface area (Å²) in [6, 6.07) is 17.7. The zero-order valence-corrected chi connectivity index (χ0v) is 14.3. The van der Waals surface area contributed by atoms with Crippen molar-refractivity contribution in [2.75, 3.05) is 6.61 Å². The minimum atomic E-state index is 0.517. The highest BCUT2D eigenvalue weighted by Gasteiger charge is 2.13. The zero-order valence-electron chi connectivity index (χ0n) is 12.7. The van der Waals surface area contributed by atoms with Crippen LogP contribution in [-0.2, 0) is 0 Å². The van der Waals surface area contributed by atoms with Crippen molar-refractivity contribution >= 4 is 15.9 Å². The molecule has 0 N–H and O–H groups in total. The molecule has 3 aromatic rings. The van der Waals surface area contributed by atoms with E-state index in [1.54, 1.807) is 0 Å². The Morgan fingerprint density at radius 2 is 1.74 bits per heavy atom. The van der Waals surface area contributed by atoms with Gasteiger partial charge in [-0.1, -0.05) is 65.3 Å². The predicted molar refractivity (Wildman–Crippen MR) is 94.2 cm³/mol. The van der Waals surface area contributed by atoms with E-state index in [0.29, 0.717) is 24.0 Å². The molecule has 3 rings (SSSR count). The third-order valence-electron chi connectivity index (χ3n) is 3.23. The minimum Gasteiger partial charge on any atom is -0.476 e. The molecule has 2 aromatic carbocycles. The first kappa shape index (κ1) is 15.6. The fourth-order valence-corrected chi connectivity index (χ4v) is 2.54. The van der Waals surface area contributed by atoms with Crippen molar-refractivity contribution < 1.29 is 4.74 Å². The molecule has 0 spiro atoms. The minimum absolute atomic E-state index is 0.517. The molecule has 1 aromatic heterocycles. The van der Waals surface area contributed by atoms with E-state index in [2.05, 4.69) is 38.0 Å². The summed E-state index contributed by atoms with van der Waals surface area (Å²) in [5.41, 5.74) is 2.50. The van der Waals surface area contributed by atoms with Gasteiger partial charge in [-0.2, -0.15) is 4.98 Å². The lowest BCUT2D eigenvalue weighted by molar-refractivity contribution is 0.305. The highest BCUT2D eigenvalue weighted by atomic mass is 79.9. The number of nitrogens with zero attached hydrogens (tertiary/aromatic N) is 3. The summed E-state index contributed by atoms with van der Waals surface area (Å²) in [6.07, 6.45) is 0.907. The van der Waals surface area contributed by atoms with Gasteiger partial charge in [0.05, 0.1) is 6.61 Å². The van der Waals surface area contributed by atoms with Crippen LogP contribution in [-0.4, -0.2) is 21.8 Å². The molecule has 0 radical (unpaired) electrons. The van der Waals surface area contributed by atoms with Gasteiger partial charge >= 0.3 is 0 Å². The molecule has 0 unspecified atom stereocenters. The molecule has 4 nitrogen and oxygen atoms in total. The molecule has 0 saturated carbocycles. The van der Waals surface area contributed by atoms with Crippen molar-refractivity contribution in [3.63, 3.8) is 0 Å². The summed E-state index contributed by atoms with van der Waals surface area (Å²) in [7, 11) is 0. The van der Waals surface area contributed by atoms with Crippen LogP contribution < -0.4 is 4.74 Å². The van der Waals surface area contributed by atoms with E-state index in [-0.39, 0.29) is 0 Å². The second-order valence-corrected chi connectivity index (χ2v) is 5.93. The number of benzene rings is 2. The molecule has 5 heteroatoms. The maximum atomic E-state index is 5.81. The molecule has 0 aliphatic rings. The lowest BCUT2D eigenvalue weighted by atomic mass is 10.1. The fraction of sp³-hybridized carbons (Fsp3) is 0.167. The molecule has 0 bridgehead atoms. The largest absolute Gasteiger partial charge is 0.476 e. The van der Waals surface area contributed by atoms with Crippen molar-refractivity contribution in [1.82, 2.24) is 15.2 Å². The van der Waals surface area contributed by atoms with Crippen LogP contribution in [0.2, 0.25) is 0 Å². The van der Waals surface area contributed by atoms with Crippen molar-refractivity contribution in [3.8, 4) is 28.5 Å². The predicted octanol–water partition coefficient (Wildman–Crippen LogP) is 4.76. The van der Waals surface area contributed by atoms with Crippen molar-refractivity contribution in [3.05, 3.63) is 59.1 Å². The topological polar surface area (TPSA) is 47.9 Å². The van der Waals surface area contributed by atoms with Gasteiger partial charge in [-0.05, 0) is 18.6 Å². The zero-order chi connectivity index (χ0) is 16.1. The molecule has 116 valence electrons. The quantitative estimate of drug-likeness (QED) is 0.650. The van der Waals surface area contributed by atoms with Crippen LogP contribution in [0.25, 0.3) is 22.6 Å². The summed E-state index contributed by atoms with van der Waals surface area (Å²) in [5, 5.41) is 8.63. The average Bonchev–Trinajstić information content (AvgIpc) is 2.60. The van der Waals surface area contributed by atoms with E-state index in [9.17, 15) is 0 Å². The van der Waals surface area contributed by atoms with Gasteiger partial charge in [-0.3, -0.25) is 0 Å². The van der Waals surface area contributed by atoms with E-state index in [0.717, 1.165) is 22.0 Å². The van der Waals surface area contributed by atoms with Crippen LogP contribution in [0.4, 0.5) is 0 Å². The van der Waals surface area contributed by atoms with Gasteiger partial charge in [0.1, 0.15) is 0 Å². The van der Waals surface area contributed by atoms with Crippen LogP contribution in [0.15, 0.2) is 59.1 Å². The summed E-state index contributed by atoms with van der Waals surface area (Å²) in [4.78, 5) is 4.58. The highest BCUT2D eigenvalue weighted by Crippen LogP contribution is 2.28. The Morgan fingerprint density at radius 1 is 0.957 bits per heavy atom. The number of hydrogen-bond acceptors (Lipinski definition) is 4. The summed E-state index contributed by atoms with van der Waals surface area (Å²) >= 11 is 3.46. The second kappa shape index (κ2) is 7.33. The van der Waals surface area contributed by atoms with Crippen LogP contribution in [0.5, 0.6) is 5.88 Å². The lowest BCUT2D eigenvalue weighted by Gasteiger charge is -2.10. The van der Waals surface area contributed by atoms with Crippen LogP contribution >= 0.6 is 15.9 Å². The molecule has 0 amide bonds. The lowest BCUT2D eigenvalue weighted by Crippen LogP contribution is -2.04. The Bertz CT molecular complexity index is 793.